The highest BCUT2D eigenvalue weighted by molar-refractivity contribution is 7.13. The Labute approximate surface area is 171 Å². The van der Waals surface area contributed by atoms with Crippen LogP contribution in [0, 0.1) is 6.92 Å². The molecule has 0 atom stereocenters. The second-order valence-electron chi connectivity index (χ2n) is 6.44. The van der Waals surface area contributed by atoms with Gasteiger partial charge in [-0.05, 0) is 36.6 Å². The van der Waals surface area contributed by atoms with Gasteiger partial charge in [0.2, 0.25) is 0 Å². The molecule has 0 unspecified atom stereocenters. The second-order valence-corrected chi connectivity index (χ2v) is 7.38. The number of ether oxygens (including phenoxy) is 2. The number of amides is 1. The summed E-state index contributed by atoms with van der Waals surface area (Å²) in [7, 11) is 4.92. The largest absolute Gasteiger partial charge is 0.493 e. The number of carbonyl (C=O) groups is 1. The minimum atomic E-state index is -0.266. The highest BCUT2D eigenvalue weighted by atomic mass is 32.1. The van der Waals surface area contributed by atoms with Crippen molar-refractivity contribution in [2.24, 2.45) is 7.05 Å². The predicted molar refractivity (Wildman–Crippen MR) is 114 cm³/mol. The van der Waals surface area contributed by atoms with E-state index in [2.05, 4.69) is 10.4 Å². The van der Waals surface area contributed by atoms with Crippen molar-refractivity contribution in [2.45, 2.75) is 6.92 Å². The van der Waals surface area contributed by atoms with E-state index in [1.165, 1.54) is 7.11 Å². The Morgan fingerprint density at radius 1 is 1.17 bits per heavy atom. The van der Waals surface area contributed by atoms with Crippen molar-refractivity contribution in [2.75, 3.05) is 19.5 Å². The van der Waals surface area contributed by atoms with Crippen molar-refractivity contribution >= 4 is 34.0 Å². The fraction of sp³-hybridized carbons (Fsp3) is 0.190. The van der Waals surface area contributed by atoms with Crippen LogP contribution in [0.5, 0.6) is 11.5 Å². The average Bonchev–Trinajstić information content (AvgIpc) is 3.36. The SMILES string of the molecule is COc1cccc(NC(=O)c2cc(-c3cccs3)nc3c2c(C)nn3C)c1OC. The summed E-state index contributed by atoms with van der Waals surface area (Å²) in [6, 6.07) is 11.1. The fourth-order valence-corrected chi connectivity index (χ4v) is 4.04. The van der Waals surface area contributed by atoms with Crippen LogP contribution in [-0.2, 0) is 7.05 Å². The van der Waals surface area contributed by atoms with Gasteiger partial charge in [0.05, 0.1) is 47.1 Å². The first-order chi connectivity index (χ1) is 14.0. The zero-order valence-electron chi connectivity index (χ0n) is 16.5. The van der Waals surface area contributed by atoms with Gasteiger partial charge in [-0.2, -0.15) is 5.10 Å². The van der Waals surface area contributed by atoms with Crippen LogP contribution < -0.4 is 14.8 Å². The van der Waals surface area contributed by atoms with Gasteiger partial charge in [-0.1, -0.05) is 12.1 Å². The number of nitrogens with zero attached hydrogens (tertiary/aromatic N) is 3. The third kappa shape index (κ3) is 3.31. The quantitative estimate of drug-likeness (QED) is 0.533. The van der Waals surface area contributed by atoms with E-state index in [9.17, 15) is 4.79 Å². The number of fused-ring (bicyclic) bond motifs is 1. The Kier molecular flexibility index (Phi) is 4.94. The molecule has 0 saturated heterocycles. The monoisotopic (exact) mass is 408 g/mol. The van der Waals surface area contributed by atoms with Gasteiger partial charge < -0.3 is 14.8 Å². The zero-order valence-corrected chi connectivity index (χ0v) is 17.3. The summed E-state index contributed by atoms with van der Waals surface area (Å²) in [6.45, 7) is 1.87. The molecule has 7 nitrogen and oxygen atoms in total. The minimum Gasteiger partial charge on any atom is -0.493 e. The van der Waals surface area contributed by atoms with E-state index in [1.807, 2.05) is 37.6 Å². The molecule has 8 heteroatoms. The van der Waals surface area contributed by atoms with E-state index >= 15 is 0 Å². The highest BCUT2D eigenvalue weighted by Gasteiger charge is 2.21. The van der Waals surface area contributed by atoms with Crippen molar-refractivity contribution in [3.63, 3.8) is 0 Å². The summed E-state index contributed by atoms with van der Waals surface area (Å²) in [5, 5.41) is 10.1. The number of hydrogen-bond acceptors (Lipinski definition) is 6. The summed E-state index contributed by atoms with van der Waals surface area (Å²) in [4.78, 5) is 19.0. The van der Waals surface area contributed by atoms with Gasteiger partial charge in [0.25, 0.3) is 5.91 Å². The number of aryl methyl sites for hydroxylation is 2. The Bertz CT molecular complexity index is 1200. The number of carbonyl (C=O) groups excluding carboxylic acids is 1. The number of aromatic nitrogens is 3. The molecule has 0 aliphatic rings. The lowest BCUT2D eigenvalue weighted by atomic mass is 10.1. The standard InChI is InChI=1S/C21H20N4O3S/c1-12-18-13(21(26)23-14-7-5-8-16(27-3)19(14)28-4)11-15(17-9-6-10-29-17)22-20(18)25(2)24-12/h5-11H,1-4H3,(H,23,26). The first-order valence-corrected chi connectivity index (χ1v) is 9.82. The lowest BCUT2D eigenvalue weighted by molar-refractivity contribution is 0.102. The van der Waals surface area contributed by atoms with Crippen LogP contribution in [0.4, 0.5) is 5.69 Å². The highest BCUT2D eigenvalue weighted by Crippen LogP contribution is 2.36. The first-order valence-electron chi connectivity index (χ1n) is 8.94. The molecule has 0 spiro atoms. The number of anilines is 1. The Morgan fingerprint density at radius 2 is 2.00 bits per heavy atom. The van der Waals surface area contributed by atoms with Gasteiger partial charge in [0, 0.05) is 7.05 Å². The molecule has 29 heavy (non-hydrogen) atoms. The van der Waals surface area contributed by atoms with Gasteiger partial charge >= 0.3 is 0 Å². The molecule has 0 radical (unpaired) electrons. The molecule has 0 bridgehead atoms. The smallest absolute Gasteiger partial charge is 0.256 e. The molecule has 1 N–H and O–H groups in total. The Balaban J connectivity index is 1.84. The number of benzene rings is 1. The second kappa shape index (κ2) is 7.56. The molecule has 1 amide bonds. The van der Waals surface area contributed by atoms with Gasteiger partial charge in [0.15, 0.2) is 17.1 Å². The van der Waals surface area contributed by atoms with Crippen LogP contribution in [0.25, 0.3) is 21.6 Å². The number of para-hydroxylation sites is 1. The van der Waals surface area contributed by atoms with Crippen molar-refractivity contribution in [1.29, 1.82) is 0 Å². The van der Waals surface area contributed by atoms with Crippen molar-refractivity contribution in [3.8, 4) is 22.1 Å². The fourth-order valence-electron chi connectivity index (χ4n) is 3.35. The molecule has 3 aromatic heterocycles. The summed E-state index contributed by atoms with van der Waals surface area (Å²) in [6.07, 6.45) is 0. The van der Waals surface area contributed by atoms with E-state index < -0.39 is 0 Å². The van der Waals surface area contributed by atoms with Crippen molar-refractivity contribution in [1.82, 2.24) is 14.8 Å². The molecule has 0 saturated carbocycles. The molecule has 0 fully saturated rings. The van der Waals surface area contributed by atoms with Gasteiger partial charge in [-0.25, -0.2) is 4.98 Å². The zero-order chi connectivity index (χ0) is 20.5. The van der Waals surface area contributed by atoms with Crippen LogP contribution in [-0.4, -0.2) is 34.9 Å². The van der Waals surface area contributed by atoms with E-state index in [-0.39, 0.29) is 5.91 Å². The molecule has 1 aromatic carbocycles. The maximum absolute atomic E-state index is 13.3. The van der Waals surface area contributed by atoms with E-state index in [1.54, 1.807) is 41.3 Å². The molecular formula is C21H20N4O3S. The van der Waals surface area contributed by atoms with Crippen LogP contribution in [0.2, 0.25) is 0 Å². The number of nitrogens with one attached hydrogen (secondary N) is 1. The normalized spacial score (nSPS) is 10.9. The van der Waals surface area contributed by atoms with E-state index in [0.29, 0.717) is 28.4 Å². The number of thiophene rings is 1. The van der Waals surface area contributed by atoms with Crippen molar-refractivity contribution in [3.05, 3.63) is 53.0 Å². The summed E-state index contributed by atoms with van der Waals surface area (Å²) in [5.41, 5.74) is 3.18. The summed E-state index contributed by atoms with van der Waals surface area (Å²) in [5.74, 6) is 0.745. The first kappa shape index (κ1) is 18.9. The predicted octanol–water partition coefficient (Wildman–Crippen LogP) is 4.27. The van der Waals surface area contributed by atoms with E-state index in [4.69, 9.17) is 14.5 Å². The summed E-state index contributed by atoms with van der Waals surface area (Å²) >= 11 is 1.57. The summed E-state index contributed by atoms with van der Waals surface area (Å²) < 4.78 is 12.5. The third-order valence-electron chi connectivity index (χ3n) is 4.64. The molecule has 148 valence electrons. The van der Waals surface area contributed by atoms with Crippen LogP contribution in [0.3, 0.4) is 0 Å². The molecule has 3 heterocycles. The number of hydrogen-bond donors (Lipinski definition) is 1. The van der Waals surface area contributed by atoms with Crippen LogP contribution in [0.1, 0.15) is 16.1 Å². The van der Waals surface area contributed by atoms with Crippen LogP contribution in [0.15, 0.2) is 41.8 Å². The van der Waals surface area contributed by atoms with Gasteiger partial charge in [-0.3, -0.25) is 9.48 Å². The number of pyridine rings is 1. The molecule has 4 rings (SSSR count). The van der Waals surface area contributed by atoms with Crippen molar-refractivity contribution < 1.29 is 14.3 Å². The topological polar surface area (TPSA) is 78.3 Å². The number of rotatable bonds is 5. The maximum atomic E-state index is 13.3. The number of methoxy groups -OCH3 is 2. The van der Waals surface area contributed by atoms with Gasteiger partial charge in [0.1, 0.15) is 0 Å². The minimum absolute atomic E-state index is 0.266. The molecular weight excluding hydrogens is 388 g/mol. The van der Waals surface area contributed by atoms with Crippen LogP contribution >= 0.6 is 11.3 Å². The van der Waals surface area contributed by atoms with E-state index in [0.717, 1.165) is 21.7 Å². The average molecular weight is 408 g/mol. The van der Waals surface area contributed by atoms with Gasteiger partial charge in [-0.15, -0.1) is 11.3 Å². The molecule has 0 aliphatic carbocycles. The molecule has 4 aromatic rings. The lowest BCUT2D eigenvalue weighted by Gasteiger charge is -2.14. The molecule has 0 aliphatic heterocycles. The third-order valence-corrected chi connectivity index (χ3v) is 5.53. The lowest BCUT2D eigenvalue weighted by Crippen LogP contribution is -2.14. The Hall–Kier alpha value is -3.39. The Morgan fingerprint density at radius 3 is 2.69 bits per heavy atom. The maximum Gasteiger partial charge on any atom is 0.256 e.